The van der Waals surface area contributed by atoms with Crippen LogP contribution in [-0.2, 0) is 19.4 Å². The largest absolute Gasteiger partial charge is 0.347 e. The first-order valence-corrected chi connectivity index (χ1v) is 10.9. The van der Waals surface area contributed by atoms with Gasteiger partial charge >= 0.3 is 0 Å². The van der Waals surface area contributed by atoms with E-state index in [-0.39, 0.29) is 11.9 Å². The van der Waals surface area contributed by atoms with Crippen molar-refractivity contribution in [1.29, 1.82) is 0 Å². The molecule has 5 nitrogen and oxygen atoms in total. The number of carbonyl (C=O) groups excluding carboxylic acids is 1. The molecule has 0 aliphatic carbocycles. The number of fused-ring (bicyclic) bond motifs is 3. The van der Waals surface area contributed by atoms with Gasteiger partial charge in [-0.2, -0.15) is 5.10 Å². The highest BCUT2D eigenvalue weighted by atomic mass is 32.1. The maximum atomic E-state index is 13.0. The van der Waals surface area contributed by atoms with Gasteiger partial charge in [0.05, 0.1) is 16.8 Å². The Labute approximate surface area is 176 Å². The molecule has 3 N–H and O–H groups in total. The van der Waals surface area contributed by atoms with Crippen molar-refractivity contribution in [2.24, 2.45) is 5.73 Å². The van der Waals surface area contributed by atoms with Gasteiger partial charge < -0.3 is 11.1 Å². The van der Waals surface area contributed by atoms with Crippen LogP contribution in [0.25, 0.3) is 11.3 Å². The molecule has 1 atom stereocenters. The summed E-state index contributed by atoms with van der Waals surface area (Å²) in [5.74, 6) is -0.0650. The molecule has 0 saturated heterocycles. The highest BCUT2D eigenvalue weighted by Crippen LogP contribution is 2.36. The fraction of sp³-hybridized carbons (Fsp3) is 0.364. The summed E-state index contributed by atoms with van der Waals surface area (Å²) in [7, 11) is 5.87. The van der Waals surface area contributed by atoms with Crippen LogP contribution in [0.5, 0.6) is 0 Å². The van der Waals surface area contributed by atoms with Crippen molar-refractivity contribution in [2.45, 2.75) is 45.2 Å². The molecule has 7 heteroatoms. The first kappa shape index (κ1) is 19.9. The second kappa shape index (κ2) is 8.55. The van der Waals surface area contributed by atoms with Gasteiger partial charge in [0.15, 0.2) is 0 Å². The highest BCUT2D eigenvalue weighted by Gasteiger charge is 2.22. The van der Waals surface area contributed by atoms with Gasteiger partial charge in [-0.1, -0.05) is 29.7 Å². The van der Waals surface area contributed by atoms with Gasteiger partial charge in [-0.25, -0.2) is 0 Å². The van der Waals surface area contributed by atoms with E-state index in [0.29, 0.717) is 13.0 Å². The second-order valence-electron chi connectivity index (χ2n) is 7.66. The van der Waals surface area contributed by atoms with Gasteiger partial charge in [0.2, 0.25) is 0 Å². The summed E-state index contributed by atoms with van der Waals surface area (Å²) in [6.07, 6.45) is 5.78. The van der Waals surface area contributed by atoms with Crippen LogP contribution in [-0.4, -0.2) is 36.1 Å². The third kappa shape index (κ3) is 4.31. The zero-order chi connectivity index (χ0) is 20.4. The summed E-state index contributed by atoms with van der Waals surface area (Å²) in [6, 6.07) is 9.59. The molecule has 1 aromatic carbocycles. The summed E-state index contributed by atoms with van der Waals surface area (Å²) in [6.45, 7) is 3.38. The Morgan fingerprint density at radius 3 is 3.03 bits per heavy atom. The SMILES string of the molecule is [B]c1cccc(CC(CN)NC(=O)c2cc3c(s2)CCCCn2ncc(C)c2-3)c1. The van der Waals surface area contributed by atoms with Gasteiger partial charge in [0.1, 0.15) is 7.85 Å². The monoisotopic (exact) mass is 404 g/mol. The molecule has 1 aliphatic rings. The number of hydrogen-bond acceptors (Lipinski definition) is 4. The average Bonchev–Trinajstić information content (AvgIpc) is 3.25. The Morgan fingerprint density at radius 1 is 1.38 bits per heavy atom. The third-order valence-electron chi connectivity index (χ3n) is 5.39. The predicted molar refractivity (Wildman–Crippen MR) is 119 cm³/mol. The summed E-state index contributed by atoms with van der Waals surface area (Å²) in [5, 5.41) is 7.63. The standard InChI is InChI=1S/C22H25BN4OS/c1-14-13-25-27-8-3-2-7-19-18(21(14)27)11-20(29-19)22(28)26-17(12-24)10-15-5-4-6-16(23)9-15/h4-6,9,11,13,17H,2-3,7-8,10,12,24H2,1H3,(H,26,28). The fourth-order valence-electron chi connectivity index (χ4n) is 3.93. The molecule has 29 heavy (non-hydrogen) atoms. The molecule has 0 bridgehead atoms. The van der Waals surface area contributed by atoms with Crippen LogP contribution in [0.1, 0.15) is 38.5 Å². The van der Waals surface area contributed by atoms with E-state index >= 15 is 0 Å². The molecular weight excluding hydrogens is 379 g/mol. The van der Waals surface area contributed by atoms with Crippen molar-refractivity contribution in [3.05, 3.63) is 57.4 Å². The molecule has 3 aromatic rings. The van der Waals surface area contributed by atoms with Crippen LogP contribution >= 0.6 is 11.3 Å². The maximum absolute atomic E-state index is 13.0. The zero-order valence-corrected chi connectivity index (χ0v) is 17.5. The normalized spacial score (nSPS) is 14.4. The van der Waals surface area contributed by atoms with Crippen molar-refractivity contribution in [2.75, 3.05) is 6.54 Å². The number of thiophene rings is 1. The number of aryl methyl sites for hydroxylation is 3. The lowest BCUT2D eigenvalue weighted by Crippen LogP contribution is -2.41. The first-order chi connectivity index (χ1) is 14.0. The van der Waals surface area contributed by atoms with E-state index in [2.05, 4.69) is 22.0 Å². The Bertz CT molecular complexity index is 1030. The lowest BCUT2D eigenvalue weighted by atomic mass is 9.92. The topological polar surface area (TPSA) is 72.9 Å². The molecule has 0 saturated carbocycles. The van der Waals surface area contributed by atoms with Gasteiger partial charge in [-0.05, 0) is 49.8 Å². The summed E-state index contributed by atoms with van der Waals surface area (Å²) < 4.78 is 2.07. The minimum Gasteiger partial charge on any atom is -0.347 e. The minimum absolute atomic E-state index is 0.0650. The average molecular weight is 404 g/mol. The van der Waals surface area contributed by atoms with Gasteiger partial charge in [-0.3, -0.25) is 9.48 Å². The van der Waals surface area contributed by atoms with E-state index in [0.717, 1.165) is 58.5 Å². The van der Waals surface area contributed by atoms with E-state index < -0.39 is 0 Å². The number of nitrogens with two attached hydrogens (primary N) is 1. The molecule has 4 rings (SSSR count). The van der Waals surface area contributed by atoms with Crippen LogP contribution in [0.3, 0.4) is 0 Å². The van der Waals surface area contributed by atoms with E-state index in [4.69, 9.17) is 13.6 Å². The number of hydrogen-bond donors (Lipinski definition) is 2. The smallest absolute Gasteiger partial charge is 0.261 e. The van der Waals surface area contributed by atoms with Crippen LogP contribution < -0.4 is 16.5 Å². The highest BCUT2D eigenvalue weighted by molar-refractivity contribution is 7.14. The minimum atomic E-state index is -0.138. The van der Waals surface area contributed by atoms with Gasteiger partial charge in [0.25, 0.3) is 5.91 Å². The van der Waals surface area contributed by atoms with Crippen LogP contribution in [0, 0.1) is 6.92 Å². The summed E-state index contributed by atoms with van der Waals surface area (Å²) in [4.78, 5) is 15.0. The molecule has 0 spiro atoms. The Morgan fingerprint density at radius 2 is 2.24 bits per heavy atom. The van der Waals surface area contributed by atoms with Crippen LogP contribution in [0.2, 0.25) is 0 Å². The van der Waals surface area contributed by atoms with E-state index in [1.807, 2.05) is 36.5 Å². The number of carbonyl (C=O) groups is 1. The maximum Gasteiger partial charge on any atom is 0.261 e. The Balaban J connectivity index is 1.55. The molecule has 1 aliphatic heterocycles. The van der Waals surface area contributed by atoms with Crippen molar-refractivity contribution in [1.82, 2.24) is 15.1 Å². The molecule has 1 amide bonds. The van der Waals surface area contributed by atoms with Gasteiger partial charge in [0, 0.05) is 29.6 Å². The van der Waals surface area contributed by atoms with Crippen molar-refractivity contribution >= 4 is 30.6 Å². The second-order valence-corrected chi connectivity index (χ2v) is 8.80. The van der Waals surface area contributed by atoms with Crippen molar-refractivity contribution < 1.29 is 4.79 Å². The lowest BCUT2D eigenvalue weighted by molar-refractivity contribution is 0.0942. The molecule has 0 fully saturated rings. The molecular formula is C22H25BN4OS. The quantitative estimate of drug-likeness (QED) is 0.642. The number of benzene rings is 1. The summed E-state index contributed by atoms with van der Waals surface area (Å²) >= 11 is 1.59. The van der Waals surface area contributed by atoms with Gasteiger partial charge in [-0.15, -0.1) is 11.3 Å². The van der Waals surface area contributed by atoms with Crippen molar-refractivity contribution in [3.63, 3.8) is 0 Å². The van der Waals surface area contributed by atoms with Crippen LogP contribution in [0.15, 0.2) is 36.5 Å². The van der Waals surface area contributed by atoms with Crippen LogP contribution in [0.4, 0.5) is 0 Å². The molecule has 148 valence electrons. The lowest BCUT2D eigenvalue weighted by Gasteiger charge is -2.16. The Kier molecular flexibility index (Phi) is 5.87. The number of amides is 1. The zero-order valence-electron chi connectivity index (χ0n) is 16.6. The molecule has 2 radical (unpaired) electrons. The fourth-order valence-corrected chi connectivity index (χ4v) is 5.03. The van der Waals surface area contributed by atoms with E-state index in [9.17, 15) is 4.79 Å². The third-order valence-corrected chi connectivity index (χ3v) is 6.58. The molecule has 1 unspecified atom stereocenters. The Hall–Kier alpha value is -2.38. The molecule has 3 heterocycles. The number of nitrogens with zero attached hydrogens (tertiary/aromatic N) is 2. The van der Waals surface area contributed by atoms with Crippen molar-refractivity contribution in [3.8, 4) is 11.3 Å². The number of nitrogens with one attached hydrogen (secondary N) is 1. The number of aromatic nitrogens is 2. The predicted octanol–water partition coefficient (Wildman–Crippen LogP) is 2.35. The summed E-state index contributed by atoms with van der Waals surface area (Å²) in [5.41, 5.74) is 11.2. The number of rotatable bonds is 5. The van der Waals surface area contributed by atoms with E-state index in [1.54, 1.807) is 11.3 Å². The molecule has 2 aromatic heterocycles. The first-order valence-electron chi connectivity index (χ1n) is 10.1. The van der Waals surface area contributed by atoms with E-state index in [1.165, 1.54) is 4.88 Å².